The third kappa shape index (κ3) is 12.7. The van der Waals surface area contributed by atoms with Crippen molar-refractivity contribution in [2.45, 2.75) is 111 Å². The van der Waals surface area contributed by atoms with Crippen LogP contribution in [0.1, 0.15) is 87.8 Å². The van der Waals surface area contributed by atoms with Crippen LogP contribution in [0.5, 0.6) is 11.5 Å². The van der Waals surface area contributed by atoms with E-state index in [1.165, 1.54) is 33.4 Å². The van der Waals surface area contributed by atoms with Crippen molar-refractivity contribution in [3.05, 3.63) is 118 Å². The topological polar surface area (TPSA) is 89.5 Å². The predicted octanol–water partition coefficient (Wildman–Crippen LogP) is 9.08. The first-order chi connectivity index (χ1) is 26.6. The highest BCUT2D eigenvalue weighted by molar-refractivity contribution is 5.77. The first kappa shape index (κ1) is 41.5. The number of ether oxygens (including phenoxy) is 6. The Morgan fingerprint density at radius 2 is 0.927 bits per heavy atom. The molecular formula is C47H58O8. The molecule has 5 rings (SSSR count). The number of benzene rings is 4. The first-order valence-corrected chi connectivity index (χ1v) is 19.9. The van der Waals surface area contributed by atoms with Crippen LogP contribution in [0.4, 0.5) is 0 Å². The van der Waals surface area contributed by atoms with E-state index in [9.17, 15) is 9.59 Å². The normalized spacial score (nSPS) is 12.9. The fourth-order valence-corrected chi connectivity index (χ4v) is 6.87. The van der Waals surface area contributed by atoms with Crippen LogP contribution in [0.25, 0.3) is 11.1 Å². The van der Waals surface area contributed by atoms with Crippen LogP contribution in [-0.2, 0) is 60.6 Å². The van der Waals surface area contributed by atoms with Gasteiger partial charge in [-0.1, -0.05) is 60.7 Å². The van der Waals surface area contributed by atoms with Crippen LogP contribution in [0, 0.1) is 0 Å². The van der Waals surface area contributed by atoms with Crippen molar-refractivity contribution in [2.75, 3.05) is 26.4 Å². The highest BCUT2D eigenvalue weighted by Crippen LogP contribution is 2.38. The minimum absolute atomic E-state index is 0.174. The van der Waals surface area contributed by atoms with E-state index in [2.05, 4.69) is 36.4 Å². The molecule has 1 aliphatic rings. The molecule has 0 heterocycles. The van der Waals surface area contributed by atoms with E-state index >= 15 is 0 Å². The third-order valence-electron chi connectivity index (χ3n) is 9.42. The maximum atomic E-state index is 12.4. The smallest absolute Gasteiger partial charge is 0.335 e. The Hall–Kier alpha value is -4.66. The van der Waals surface area contributed by atoms with Gasteiger partial charge in [-0.2, -0.15) is 0 Å². The summed E-state index contributed by atoms with van der Waals surface area (Å²) < 4.78 is 34.1. The lowest BCUT2D eigenvalue weighted by atomic mass is 10.00. The number of hydrogen-bond donors (Lipinski definition) is 0. The highest BCUT2D eigenvalue weighted by Gasteiger charge is 2.23. The van der Waals surface area contributed by atoms with Gasteiger partial charge < -0.3 is 28.4 Å². The zero-order valence-corrected chi connectivity index (χ0v) is 33.4. The Morgan fingerprint density at radius 3 is 1.29 bits per heavy atom. The molecule has 8 nitrogen and oxygen atoms in total. The Bertz CT molecular complexity index is 1680. The molecule has 0 N–H and O–H groups in total. The third-order valence-corrected chi connectivity index (χ3v) is 9.42. The molecule has 8 heteroatoms. The zero-order valence-electron chi connectivity index (χ0n) is 33.4. The summed E-state index contributed by atoms with van der Waals surface area (Å²) in [4.78, 5) is 24.8. The zero-order chi connectivity index (χ0) is 39.2. The number of hydrogen-bond acceptors (Lipinski definition) is 8. The molecule has 4 aromatic carbocycles. The second-order valence-corrected chi connectivity index (χ2v) is 14.6. The second kappa shape index (κ2) is 20.9. The standard InChI is InChI=1S/C47H58O8/c1-7-50-44(46(48)54-32(3)4)29-36-13-19-40(20-14-36)52-25-9-11-34-17-23-42-38(27-34)31-39-28-35(18-24-43(39)42)12-10-26-53-41-21-15-37(16-22-41)30-45(51-8-2)47(49)55-33(5)6/h13-24,27-28,32-33,44-45H,7-12,25-26,29-31H2,1-6H3. The summed E-state index contributed by atoms with van der Waals surface area (Å²) in [7, 11) is 0. The summed E-state index contributed by atoms with van der Waals surface area (Å²) in [5, 5.41) is 0. The summed E-state index contributed by atoms with van der Waals surface area (Å²) in [5.74, 6) is 0.982. The lowest BCUT2D eigenvalue weighted by Crippen LogP contribution is -2.30. The van der Waals surface area contributed by atoms with Crippen molar-refractivity contribution in [3.63, 3.8) is 0 Å². The fraction of sp³-hybridized carbons (Fsp3) is 0.447. The summed E-state index contributed by atoms with van der Waals surface area (Å²) in [5.41, 5.74) is 10.1. The molecule has 0 bridgehead atoms. The predicted molar refractivity (Wildman–Crippen MR) is 216 cm³/mol. The Balaban J connectivity index is 1.02. The molecule has 0 saturated heterocycles. The average Bonchev–Trinajstić information content (AvgIpc) is 3.52. The van der Waals surface area contributed by atoms with E-state index in [1.807, 2.05) is 90.1 Å². The molecule has 55 heavy (non-hydrogen) atoms. The SMILES string of the molecule is CCOC(Cc1ccc(OCCCc2ccc3c(c2)Cc2cc(CCCOc4ccc(CC(OCC)C(=O)OC(C)C)cc4)ccc2-3)cc1)C(=O)OC(C)C. The van der Waals surface area contributed by atoms with Crippen molar-refractivity contribution in [2.24, 2.45) is 0 Å². The summed E-state index contributed by atoms with van der Waals surface area (Å²) in [6.45, 7) is 13.3. The minimum Gasteiger partial charge on any atom is -0.494 e. The van der Waals surface area contributed by atoms with Gasteiger partial charge in [0.1, 0.15) is 11.5 Å². The number of carbonyl (C=O) groups excluding carboxylic acids is 2. The van der Waals surface area contributed by atoms with Gasteiger partial charge in [0.25, 0.3) is 0 Å². The molecule has 2 unspecified atom stereocenters. The van der Waals surface area contributed by atoms with Crippen molar-refractivity contribution in [1.82, 2.24) is 0 Å². The van der Waals surface area contributed by atoms with E-state index in [-0.39, 0.29) is 24.1 Å². The van der Waals surface area contributed by atoms with Gasteiger partial charge in [-0.05, 0) is 142 Å². The lowest BCUT2D eigenvalue weighted by molar-refractivity contribution is -0.161. The van der Waals surface area contributed by atoms with E-state index in [1.54, 1.807) is 0 Å². The molecule has 0 fully saturated rings. The van der Waals surface area contributed by atoms with Gasteiger partial charge >= 0.3 is 11.9 Å². The molecule has 0 aromatic heterocycles. The average molecular weight is 751 g/mol. The van der Waals surface area contributed by atoms with Crippen LogP contribution in [0.3, 0.4) is 0 Å². The Kier molecular flexibility index (Phi) is 15.7. The quantitative estimate of drug-likeness (QED) is 0.0512. The van der Waals surface area contributed by atoms with E-state index in [0.29, 0.717) is 39.3 Å². The van der Waals surface area contributed by atoms with Crippen molar-refractivity contribution < 1.29 is 38.0 Å². The van der Waals surface area contributed by atoms with Gasteiger partial charge in [-0.25, -0.2) is 9.59 Å². The largest absolute Gasteiger partial charge is 0.494 e. The molecule has 2 atom stereocenters. The van der Waals surface area contributed by atoms with Gasteiger partial charge in [-0.15, -0.1) is 0 Å². The van der Waals surface area contributed by atoms with Gasteiger partial charge in [0.05, 0.1) is 25.4 Å². The summed E-state index contributed by atoms with van der Waals surface area (Å²) in [6, 6.07) is 29.5. The minimum atomic E-state index is -0.610. The van der Waals surface area contributed by atoms with Crippen molar-refractivity contribution >= 4 is 11.9 Å². The number of carbonyl (C=O) groups is 2. The molecule has 0 amide bonds. The van der Waals surface area contributed by atoms with Gasteiger partial charge in [0.2, 0.25) is 0 Å². The highest BCUT2D eigenvalue weighted by atomic mass is 16.6. The molecule has 0 aliphatic heterocycles. The van der Waals surface area contributed by atoms with E-state index in [0.717, 1.165) is 54.7 Å². The van der Waals surface area contributed by atoms with Gasteiger partial charge in [-0.3, -0.25) is 0 Å². The Morgan fingerprint density at radius 1 is 0.545 bits per heavy atom. The molecule has 1 aliphatic carbocycles. The van der Waals surface area contributed by atoms with Crippen LogP contribution in [-0.4, -0.2) is 62.8 Å². The maximum absolute atomic E-state index is 12.4. The summed E-state index contributed by atoms with van der Waals surface area (Å²) in [6.07, 6.45) is 4.05. The van der Waals surface area contributed by atoms with E-state index < -0.39 is 12.2 Å². The Labute approximate surface area is 327 Å². The number of esters is 2. The molecule has 0 saturated carbocycles. The van der Waals surface area contributed by atoms with Crippen LogP contribution in [0.2, 0.25) is 0 Å². The van der Waals surface area contributed by atoms with E-state index in [4.69, 9.17) is 28.4 Å². The number of fused-ring (bicyclic) bond motifs is 3. The number of aryl methyl sites for hydroxylation is 2. The first-order valence-electron chi connectivity index (χ1n) is 19.9. The van der Waals surface area contributed by atoms with Crippen molar-refractivity contribution in [3.8, 4) is 22.6 Å². The second-order valence-electron chi connectivity index (χ2n) is 14.6. The summed E-state index contributed by atoms with van der Waals surface area (Å²) >= 11 is 0. The molecular weight excluding hydrogens is 693 g/mol. The molecule has 0 spiro atoms. The molecule has 0 radical (unpaired) electrons. The van der Waals surface area contributed by atoms with Crippen LogP contribution in [0.15, 0.2) is 84.9 Å². The van der Waals surface area contributed by atoms with Crippen LogP contribution >= 0.6 is 0 Å². The molecule has 294 valence electrons. The van der Waals surface area contributed by atoms with Gasteiger partial charge in [0.15, 0.2) is 12.2 Å². The lowest BCUT2D eigenvalue weighted by Gasteiger charge is -2.18. The fourth-order valence-electron chi connectivity index (χ4n) is 6.87. The van der Waals surface area contributed by atoms with Crippen molar-refractivity contribution in [1.29, 1.82) is 0 Å². The van der Waals surface area contributed by atoms with Gasteiger partial charge in [0, 0.05) is 26.1 Å². The monoisotopic (exact) mass is 750 g/mol. The maximum Gasteiger partial charge on any atom is 0.335 e. The molecule has 4 aromatic rings. The van der Waals surface area contributed by atoms with Crippen LogP contribution < -0.4 is 9.47 Å². The number of rotatable bonds is 22.